The highest BCUT2D eigenvalue weighted by Crippen LogP contribution is 2.16. The molecule has 0 N–H and O–H groups in total. The lowest BCUT2D eigenvalue weighted by Crippen LogP contribution is -2.35. The summed E-state index contributed by atoms with van der Waals surface area (Å²) >= 11 is 0. The van der Waals surface area contributed by atoms with Crippen LogP contribution in [0.25, 0.3) is 0 Å². The largest absolute Gasteiger partial charge is 0.489 e. The van der Waals surface area contributed by atoms with Crippen LogP contribution in [0.3, 0.4) is 0 Å². The third kappa shape index (κ3) is 6.76. The van der Waals surface area contributed by atoms with Crippen LogP contribution in [0.2, 0.25) is 0 Å². The Balaban J connectivity index is 1.44. The molecule has 2 aromatic rings. The van der Waals surface area contributed by atoms with E-state index in [2.05, 4.69) is 58.0 Å². The first-order valence-electron chi connectivity index (χ1n) is 9.54. The first-order valence-corrected chi connectivity index (χ1v) is 9.54. The number of aliphatic imine (C=N–C) groups is 2. The first kappa shape index (κ1) is 20.0. The van der Waals surface area contributed by atoms with Gasteiger partial charge in [0.05, 0.1) is 19.8 Å². The van der Waals surface area contributed by atoms with Gasteiger partial charge in [0.25, 0.3) is 0 Å². The van der Waals surface area contributed by atoms with Gasteiger partial charge in [0.2, 0.25) is 0 Å². The maximum absolute atomic E-state index is 5.91. The fourth-order valence-electron chi connectivity index (χ4n) is 2.93. The standard InChI is InChI=1S/C23H27N3O2/c1-24-11-2-12-25-17-20-3-5-22(6-4-20)19-28-23-9-7-21(8-10-23)18-26-13-15-27-16-14-26/h2-12H,1,13-19H2/b11-2-,25-12?. The molecule has 0 aromatic heterocycles. The summed E-state index contributed by atoms with van der Waals surface area (Å²) in [6.07, 6.45) is 5.11. The molecule has 0 amide bonds. The van der Waals surface area contributed by atoms with Crippen LogP contribution in [0.4, 0.5) is 0 Å². The molecular weight excluding hydrogens is 350 g/mol. The van der Waals surface area contributed by atoms with Gasteiger partial charge in [-0.1, -0.05) is 36.4 Å². The van der Waals surface area contributed by atoms with E-state index in [1.165, 1.54) is 5.56 Å². The van der Waals surface area contributed by atoms with E-state index >= 15 is 0 Å². The topological polar surface area (TPSA) is 46.4 Å². The molecule has 5 heteroatoms. The zero-order chi connectivity index (χ0) is 19.4. The van der Waals surface area contributed by atoms with Gasteiger partial charge in [0, 0.05) is 32.0 Å². The molecule has 0 bridgehead atoms. The van der Waals surface area contributed by atoms with Gasteiger partial charge in [0.15, 0.2) is 0 Å². The van der Waals surface area contributed by atoms with Crippen molar-refractivity contribution < 1.29 is 9.47 Å². The zero-order valence-corrected chi connectivity index (χ0v) is 16.2. The normalized spacial score (nSPS) is 15.3. The Morgan fingerprint density at radius 2 is 1.64 bits per heavy atom. The number of allylic oxidation sites excluding steroid dienone is 1. The number of ether oxygens (including phenoxy) is 2. The average molecular weight is 377 g/mol. The summed E-state index contributed by atoms with van der Waals surface area (Å²) in [5.74, 6) is 0.891. The molecule has 0 saturated carbocycles. The van der Waals surface area contributed by atoms with Crippen LogP contribution >= 0.6 is 0 Å². The van der Waals surface area contributed by atoms with Gasteiger partial charge >= 0.3 is 0 Å². The summed E-state index contributed by atoms with van der Waals surface area (Å²) in [5, 5.41) is 0. The maximum Gasteiger partial charge on any atom is 0.119 e. The minimum absolute atomic E-state index is 0.556. The Morgan fingerprint density at radius 1 is 0.964 bits per heavy atom. The summed E-state index contributed by atoms with van der Waals surface area (Å²) in [6, 6.07) is 16.7. The smallest absolute Gasteiger partial charge is 0.119 e. The molecule has 1 aliphatic rings. The van der Waals surface area contributed by atoms with Gasteiger partial charge in [-0.2, -0.15) is 0 Å². The molecule has 1 saturated heterocycles. The van der Waals surface area contributed by atoms with Gasteiger partial charge in [-0.05, 0) is 41.6 Å². The Morgan fingerprint density at radius 3 is 2.36 bits per heavy atom. The van der Waals surface area contributed by atoms with Crippen LogP contribution in [0.15, 0.2) is 70.8 Å². The number of morpholine rings is 1. The van der Waals surface area contributed by atoms with E-state index in [4.69, 9.17) is 9.47 Å². The Bertz CT molecular complexity index is 776. The number of benzene rings is 2. The quantitative estimate of drug-likeness (QED) is 0.623. The SMILES string of the molecule is C=N/C=C\C=NCc1ccc(COc2ccc(CN3CCOCC3)cc2)cc1. The molecule has 0 atom stereocenters. The molecule has 146 valence electrons. The lowest BCUT2D eigenvalue weighted by atomic mass is 10.1. The fraction of sp³-hybridized carbons (Fsp3) is 0.304. The molecule has 0 spiro atoms. The molecule has 28 heavy (non-hydrogen) atoms. The van der Waals surface area contributed by atoms with Gasteiger partial charge in [-0.3, -0.25) is 14.9 Å². The lowest BCUT2D eigenvalue weighted by Gasteiger charge is -2.26. The molecule has 0 radical (unpaired) electrons. The van der Waals surface area contributed by atoms with Gasteiger partial charge in [-0.25, -0.2) is 0 Å². The molecule has 3 rings (SSSR count). The van der Waals surface area contributed by atoms with Crippen LogP contribution in [0.5, 0.6) is 5.75 Å². The predicted octanol–water partition coefficient (Wildman–Crippen LogP) is 3.88. The summed E-state index contributed by atoms with van der Waals surface area (Å²) in [7, 11) is 0. The summed E-state index contributed by atoms with van der Waals surface area (Å²) in [6.45, 7) is 9.21. The second-order valence-electron chi connectivity index (χ2n) is 6.65. The van der Waals surface area contributed by atoms with E-state index in [-0.39, 0.29) is 0 Å². The lowest BCUT2D eigenvalue weighted by molar-refractivity contribution is 0.0342. The highest BCUT2D eigenvalue weighted by molar-refractivity contribution is 5.71. The Kier molecular flexibility index (Phi) is 7.97. The van der Waals surface area contributed by atoms with Crippen molar-refractivity contribution in [3.8, 4) is 5.75 Å². The van der Waals surface area contributed by atoms with E-state index < -0.39 is 0 Å². The molecule has 1 heterocycles. The van der Waals surface area contributed by atoms with Crippen molar-refractivity contribution in [2.45, 2.75) is 19.7 Å². The number of rotatable bonds is 9. The fourth-order valence-corrected chi connectivity index (χ4v) is 2.93. The van der Waals surface area contributed by atoms with E-state index in [0.717, 1.165) is 49.7 Å². The van der Waals surface area contributed by atoms with Gasteiger partial charge < -0.3 is 9.47 Å². The van der Waals surface area contributed by atoms with E-state index in [0.29, 0.717) is 13.2 Å². The highest BCUT2D eigenvalue weighted by atomic mass is 16.5. The number of hydrogen-bond donors (Lipinski definition) is 0. The molecule has 0 aliphatic carbocycles. The Labute approximate surface area is 167 Å². The van der Waals surface area contributed by atoms with Crippen molar-refractivity contribution in [1.82, 2.24) is 4.90 Å². The average Bonchev–Trinajstić information content (AvgIpc) is 2.75. The van der Waals surface area contributed by atoms with Crippen LogP contribution in [-0.2, 0) is 24.4 Å². The molecule has 5 nitrogen and oxygen atoms in total. The summed E-state index contributed by atoms with van der Waals surface area (Å²) in [5.41, 5.74) is 3.60. The summed E-state index contributed by atoms with van der Waals surface area (Å²) in [4.78, 5) is 10.4. The van der Waals surface area contributed by atoms with Crippen molar-refractivity contribution in [3.05, 3.63) is 77.5 Å². The van der Waals surface area contributed by atoms with Crippen LogP contribution in [0, 0.1) is 0 Å². The third-order valence-electron chi connectivity index (χ3n) is 4.52. The second-order valence-corrected chi connectivity index (χ2v) is 6.65. The van der Waals surface area contributed by atoms with Crippen molar-refractivity contribution in [2.24, 2.45) is 9.98 Å². The predicted molar refractivity (Wildman–Crippen MR) is 114 cm³/mol. The molecule has 0 unspecified atom stereocenters. The molecule has 1 aliphatic heterocycles. The van der Waals surface area contributed by atoms with E-state index in [9.17, 15) is 0 Å². The third-order valence-corrected chi connectivity index (χ3v) is 4.52. The van der Waals surface area contributed by atoms with Crippen LogP contribution in [-0.4, -0.2) is 44.1 Å². The molecule has 2 aromatic carbocycles. The minimum atomic E-state index is 0.556. The molecular formula is C23H27N3O2. The van der Waals surface area contributed by atoms with Crippen molar-refractivity contribution >= 4 is 12.9 Å². The second kappa shape index (κ2) is 11.2. The first-order chi connectivity index (χ1) is 13.8. The van der Waals surface area contributed by atoms with Crippen molar-refractivity contribution in [3.63, 3.8) is 0 Å². The number of hydrogen-bond acceptors (Lipinski definition) is 5. The van der Waals surface area contributed by atoms with E-state index in [1.807, 2.05) is 12.1 Å². The maximum atomic E-state index is 5.91. The monoisotopic (exact) mass is 377 g/mol. The highest BCUT2D eigenvalue weighted by Gasteiger charge is 2.10. The summed E-state index contributed by atoms with van der Waals surface area (Å²) < 4.78 is 11.3. The number of nitrogens with zero attached hydrogens (tertiary/aromatic N) is 3. The molecule has 1 fully saturated rings. The van der Waals surface area contributed by atoms with Crippen LogP contribution in [0.1, 0.15) is 16.7 Å². The van der Waals surface area contributed by atoms with Crippen LogP contribution < -0.4 is 4.74 Å². The van der Waals surface area contributed by atoms with Crippen molar-refractivity contribution in [1.29, 1.82) is 0 Å². The van der Waals surface area contributed by atoms with Gasteiger partial charge in [0.1, 0.15) is 12.4 Å². The van der Waals surface area contributed by atoms with E-state index in [1.54, 1.807) is 18.5 Å². The van der Waals surface area contributed by atoms with Crippen molar-refractivity contribution in [2.75, 3.05) is 26.3 Å². The Hall–Kier alpha value is -2.76. The van der Waals surface area contributed by atoms with Gasteiger partial charge in [-0.15, -0.1) is 0 Å². The minimum Gasteiger partial charge on any atom is -0.489 e. The zero-order valence-electron chi connectivity index (χ0n) is 16.2.